The molecule has 0 unspecified atom stereocenters. The molecule has 0 bridgehead atoms. The van der Waals surface area contributed by atoms with Crippen LogP contribution in [0.3, 0.4) is 0 Å². The molecule has 132 valence electrons. The minimum Gasteiger partial charge on any atom is -0.325 e. The Balaban J connectivity index is 1.57. The second-order valence-electron chi connectivity index (χ2n) is 5.72. The van der Waals surface area contributed by atoms with Crippen LogP contribution >= 0.6 is 34.7 Å². The van der Waals surface area contributed by atoms with Crippen molar-refractivity contribution in [2.45, 2.75) is 37.1 Å². The quantitative estimate of drug-likeness (QED) is 0.594. The Morgan fingerprint density at radius 3 is 2.84 bits per heavy atom. The fourth-order valence-corrected chi connectivity index (χ4v) is 4.23. The standard InChI is InChI=1S/C16H17ClN4O2S2/c1-9-12(17)4-3-5-13(9)18-14(23)8-24-16-20-19-15(25-16)21(10(2)22)11-6-7-11/h3-5,11H,6-8H2,1-2H3,(H,18,23). The topological polar surface area (TPSA) is 75.2 Å². The molecule has 25 heavy (non-hydrogen) atoms. The predicted octanol–water partition coefficient (Wildman–Crippen LogP) is 3.75. The lowest BCUT2D eigenvalue weighted by atomic mass is 10.2. The molecular weight excluding hydrogens is 380 g/mol. The van der Waals surface area contributed by atoms with Crippen molar-refractivity contribution in [3.8, 4) is 0 Å². The summed E-state index contributed by atoms with van der Waals surface area (Å²) in [6.07, 6.45) is 2.01. The van der Waals surface area contributed by atoms with E-state index in [0.717, 1.165) is 18.4 Å². The molecule has 2 amide bonds. The highest BCUT2D eigenvalue weighted by Crippen LogP contribution is 2.35. The zero-order chi connectivity index (χ0) is 18.0. The Kier molecular flexibility index (Phi) is 5.61. The third-order valence-electron chi connectivity index (χ3n) is 3.72. The molecule has 2 aromatic rings. The van der Waals surface area contributed by atoms with Gasteiger partial charge in [0.1, 0.15) is 0 Å². The summed E-state index contributed by atoms with van der Waals surface area (Å²) in [6, 6.07) is 5.64. The van der Waals surface area contributed by atoms with E-state index in [9.17, 15) is 9.59 Å². The van der Waals surface area contributed by atoms with Gasteiger partial charge >= 0.3 is 0 Å². The van der Waals surface area contributed by atoms with Gasteiger partial charge in [0.15, 0.2) is 4.34 Å². The number of hydrogen-bond donors (Lipinski definition) is 1. The lowest BCUT2D eigenvalue weighted by Gasteiger charge is -2.15. The van der Waals surface area contributed by atoms with Crippen LogP contribution in [0.4, 0.5) is 10.8 Å². The van der Waals surface area contributed by atoms with Crippen LogP contribution in [0.5, 0.6) is 0 Å². The highest BCUT2D eigenvalue weighted by atomic mass is 35.5. The summed E-state index contributed by atoms with van der Waals surface area (Å²) in [7, 11) is 0. The maximum atomic E-state index is 12.1. The molecular formula is C16H17ClN4O2S2. The van der Waals surface area contributed by atoms with Gasteiger partial charge < -0.3 is 5.32 Å². The van der Waals surface area contributed by atoms with Gasteiger partial charge in [-0.15, -0.1) is 10.2 Å². The highest BCUT2D eigenvalue weighted by Gasteiger charge is 2.34. The third-order valence-corrected chi connectivity index (χ3v) is 6.19. The smallest absolute Gasteiger partial charge is 0.234 e. The number of halogens is 1. The average Bonchev–Trinajstić information content (AvgIpc) is 3.27. The summed E-state index contributed by atoms with van der Waals surface area (Å²) in [5.74, 6) is 0.0477. The molecule has 1 saturated carbocycles. The first-order valence-electron chi connectivity index (χ1n) is 7.76. The van der Waals surface area contributed by atoms with Crippen LogP contribution in [0.15, 0.2) is 22.5 Å². The van der Waals surface area contributed by atoms with E-state index < -0.39 is 0 Å². The Hall–Kier alpha value is -1.64. The third kappa shape index (κ3) is 4.50. The minimum atomic E-state index is -0.141. The highest BCUT2D eigenvalue weighted by molar-refractivity contribution is 8.01. The maximum absolute atomic E-state index is 12.1. The fourth-order valence-electron chi connectivity index (χ4n) is 2.30. The number of nitrogens with one attached hydrogen (secondary N) is 1. The lowest BCUT2D eigenvalue weighted by Crippen LogP contribution is -2.30. The van der Waals surface area contributed by atoms with E-state index in [1.54, 1.807) is 17.0 Å². The number of carbonyl (C=O) groups excluding carboxylic acids is 2. The first-order chi connectivity index (χ1) is 12.0. The first-order valence-corrected chi connectivity index (χ1v) is 9.95. The fraction of sp³-hybridized carbons (Fsp3) is 0.375. The van der Waals surface area contributed by atoms with E-state index in [-0.39, 0.29) is 23.6 Å². The number of amides is 2. The number of rotatable bonds is 6. The Morgan fingerprint density at radius 2 is 2.16 bits per heavy atom. The summed E-state index contributed by atoms with van der Waals surface area (Å²) in [6.45, 7) is 3.39. The van der Waals surface area contributed by atoms with E-state index in [0.29, 0.717) is 20.2 Å². The second-order valence-corrected chi connectivity index (χ2v) is 8.31. The molecule has 1 aromatic heterocycles. The summed E-state index contributed by atoms with van der Waals surface area (Å²) in [5.41, 5.74) is 1.54. The van der Waals surface area contributed by atoms with E-state index >= 15 is 0 Å². The van der Waals surface area contributed by atoms with Gasteiger partial charge in [-0.1, -0.05) is 40.8 Å². The molecule has 0 atom stereocenters. The van der Waals surface area contributed by atoms with Crippen LogP contribution in [-0.2, 0) is 9.59 Å². The van der Waals surface area contributed by atoms with E-state index in [1.807, 2.05) is 13.0 Å². The zero-order valence-electron chi connectivity index (χ0n) is 13.8. The molecule has 0 aliphatic heterocycles. The summed E-state index contributed by atoms with van der Waals surface area (Å²) >= 11 is 8.69. The van der Waals surface area contributed by atoms with E-state index in [2.05, 4.69) is 15.5 Å². The van der Waals surface area contributed by atoms with Crippen molar-refractivity contribution >= 4 is 57.3 Å². The largest absolute Gasteiger partial charge is 0.325 e. The van der Waals surface area contributed by atoms with Gasteiger partial charge in [-0.05, 0) is 37.5 Å². The van der Waals surface area contributed by atoms with Gasteiger partial charge in [-0.2, -0.15) is 0 Å². The van der Waals surface area contributed by atoms with Crippen LogP contribution < -0.4 is 10.2 Å². The number of aromatic nitrogens is 2. The van der Waals surface area contributed by atoms with Crippen molar-refractivity contribution in [3.63, 3.8) is 0 Å². The molecule has 0 saturated heterocycles. The number of carbonyl (C=O) groups is 2. The van der Waals surface area contributed by atoms with Crippen LogP contribution in [0.2, 0.25) is 5.02 Å². The van der Waals surface area contributed by atoms with Crippen LogP contribution in [-0.4, -0.2) is 33.8 Å². The van der Waals surface area contributed by atoms with Crippen molar-refractivity contribution in [1.82, 2.24) is 10.2 Å². The van der Waals surface area contributed by atoms with Gasteiger partial charge in [0.05, 0.1) is 5.75 Å². The Labute approximate surface area is 159 Å². The normalized spacial score (nSPS) is 13.6. The van der Waals surface area contributed by atoms with Crippen molar-refractivity contribution in [2.24, 2.45) is 0 Å². The Bertz CT molecular complexity index is 807. The molecule has 1 N–H and O–H groups in total. The zero-order valence-corrected chi connectivity index (χ0v) is 16.2. The van der Waals surface area contributed by atoms with Crippen molar-refractivity contribution in [2.75, 3.05) is 16.0 Å². The molecule has 1 fully saturated rings. The van der Waals surface area contributed by atoms with Gasteiger partial charge in [-0.3, -0.25) is 14.5 Å². The van der Waals surface area contributed by atoms with Gasteiger partial charge in [-0.25, -0.2) is 0 Å². The van der Waals surface area contributed by atoms with E-state index in [4.69, 9.17) is 11.6 Å². The molecule has 1 heterocycles. The van der Waals surface area contributed by atoms with Crippen molar-refractivity contribution in [1.29, 1.82) is 0 Å². The maximum Gasteiger partial charge on any atom is 0.234 e. The summed E-state index contributed by atoms with van der Waals surface area (Å²) in [5, 5.41) is 12.2. The molecule has 0 radical (unpaired) electrons. The number of benzene rings is 1. The number of nitrogens with zero attached hydrogens (tertiary/aromatic N) is 3. The lowest BCUT2D eigenvalue weighted by molar-refractivity contribution is -0.116. The summed E-state index contributed by atoms with van der Waals surface area (Å²) < 4.78 is 0.667. The molecule has 0 spiro atoms. The predicted molar refractivity (Wildman–Crippen MR) is 102 cm³/mol. The molecule has 1 aliphatic rings. The first kappa shape index (κ1) is 18.2. The monoisotopic (exact) mass is 396 g/mol. The number of thioether (sulfide) groups is 1. The van der Waals surface area contributed by atoms with Crippen molar-refractivity contribution in [3.05, 3.63) is 28.8 Å². The van der Waals surface area contributed by atoms with Gasteiger partial charge in [0, 0.05) is 23.7 Å². The van der Waals surface area contributed by atoms with Crippen LogP contribution in [0, 0.1) is 6.92 Å². The Morgan fingerprint density at radius 1 is 1.40 bits per heavy atom. The number of anilines is 2. The van der Waals surface area contributed by atoms with Crippen LogP contribution in [0.1, 0.15) is 25.3 Å². The van der Waals surface area contributed by atoms with E-state index in [1.165, 1.54) is 30.0 Å². The van der Waals surface area contributed by atoms with Gasteiger partial charge in [0.25, 0.3) is 0 Å². The molecule has 1 aliphatic carbocycles. The molecule has 6 nitrogen and oxygen atoms in total. The minimum absolute atomic E-state index is 0.0237. The molecule has 3 rings (SSSR count). The molecule has 1 aromatic carbocycles. The van der Waals surface area contributed by atoms with Crippen LogP contribution in [0.25, 0.3) is 0 Å². The van der Waals surface area contributed by atoms with Crippen molar-refractivity contribution < 1.29 is 9.59 Å². The van der Waals surface area contributed by atoms with Gasteiger partial charge in [0.2, 0.25) is 16.9 Å². The second kappa shape index (κ2) is 7.72. The summed E-state index contributed by atoms with van der Waals surface area (Å²) in [4.78, 5) is 25.6. The molecule has 9 heteroatoms. The average molecular weight is 397 g/mol. The number of hydrogen-bond acceptors (Lipinski definition) is 6. The SMILES string of the molecule is CC(=O)N(c1nnc(SCC(=O)Nc2cccc(Cl)c2C)s1)C1CC1.